The SMILES string of the molecule is C1=CC(C2=CC(c3cccc(-c4ccc(-n5c6ccccc6c6cc(-c7ccc8c(c7)c7ccccc7n8-c7cccc(C8=CCCC(c9cccc(C%10=CCCC=C%10)c9)=C8)c7)ccc65)cc4)c3)=CCC2)=CCC1. The van der Waals surface area contributed by atoms with Gasteiger partial charge >= 0.3 is 0 Å². The van der Waals surface area contributed by atoms with Crippen LogP contribution in [-0.4, -0.2) is 9.13 Å². The van der Waals surface area contributed by atoms with Gasteiger partial charge in [-0.3, -0.25) is 0 Å². The van der Waals surface area contributed by atoms with Gasteiger partial charge in [0.25, 0.3) is 0 Å². The summed E-state index contributed by atoms with van der Waals surface area (Å²) in [6, 6.07) is 68.3. The summed E-state index contributed by atoms with van der Waals surface area (Å²) < 4.78 is 4.88. The van der Waals surface area contributed by atoms with Crippen LogP contribution in [0.25, 0.3) is 99.5 Å². The molecule has 74 heavy (non-hydrogen) atoms. The van der Waals surface area contributed by atoms with Crippen LogP contribution in [0.5, 0.6) is 0 Å². The second-order valence-corrected chi connectivity index (χ2v) is 20.4. The van der Waals surface area contributed by atoms with Gasteiger partial charge in [0.2, 0.25) is 0 Å². The molecule has 0 saturated carbocycles. The lowest BCUT2D eigenvalue weighted by molar-refractivity contribution is 0.955. The van der Waals surface area contributed by atoms with Crippen molar-refractivity contribution < 1.29 is 0 Å². The lowest BCUT2D eigenvalue weighted by Crippen LogP contribution is -1.97. The molecule has 4 aliphatic carbocycles. The molecule has 0 amide bonds. The van der Waals surface area contributed by atoms with Crippen molar-refractivity contribution in [3.05, 3.63) is 276 Å². The smallest absolute Gasteiger partial charge is 0.0541 e. The molecular formula is C72H56N2. The maximum Gasteiger partial charge on any atom is 0.0541 e. The number of aromatic nitrogens is 2. The van der Waals surface area contributed by atoms with Gasteiger partial charge in [0.05, 0.1) is 22.1 Å². The molecule has 0 spiro atoms. The van der Waals surface area contributed by atoms with E-state index < -0.39 is 0 Å². The Labute approximate surface area is 434 Å². The predicted octanol–water partition coefficient (Wildman–Crippen LogP) is 19.6. The fourth-order valence-corrected chi connectivity index (χ4v) is 12.2. The maximum absolute atomic E-state index is 2.45. The van der Waals surface area contributed by atoms with Crippen LogP contribution in [0.3, 0.4) is 0 Å². The highest BCUT2D eigenvalue weighted by molar-refractivity contribution is 6.13. The fraction of sp³-hybridized carbons (Fsp3) is 0.111. The number of para-hydroxylation sites is 2. The minimum Gasteiger partial charge on any atom is -0.309 e. The van der Waals surface area contributed by atoms with Gasteiger partial charge in [-0.05, 0) is 202 Å². The van der Waals surface area contributed by atoms with Gasteiger partial charge in [0.15, 0.2) is 0 Å². The Bertz CT molecular complexity index is 4160. The Morgan fingerprint density at radius 3 is 1.39 bits per heavy atom. The van der Waals surface area contributed by atoms with E-state index in [1.54, 1.807) is 0 Å². The summed E-state index contributed by atoms with van der Waals surface area (Å²) in [7, 11) is 0. The van der Waals surface area contributed by atoms with Crippen LogP contribution >= 0.6 is 0 Å². The number of rotatable bonds is 9. The van der Waals surface area contributed by atoms with Crippen molar-refractivity contribution in [2.24, 2.45) is 0 Å². The molecule has 0 saturated heterocycles. The van der Waals surface area contributed by atoms with E-state index in [2.05, 4.69) is 252 Å². The molecule has 2 heteroatoms. The number of hydrogen-bond donors (Lipinski definition) is 0. The normalized spacial score (nSPS) is 15.8. The van der Waals surface area contributed by atoms with Gasteiger partial charge in [-0.25, -0.2) is 0 Å². The second-order valence-electron chi connectivity index (χ2n) is 20.4. The Balaban J connectivity index is 0.775. The van der Waals surface area contributed by atoms with Crippen LogP contribution in [0.2, 0.25) is 0 Å². The van der Waals surface area contributed by atoms with E-state index in [0.717, 1.165) is 57.1 Å². The van der Waals surface area contributed by atoms with Gasteiger partial charge in [-0.1, -0.05) is 170 Å². The minimum absolute atomic E-state index is 1.03. The zero-order chi connectivity index (χ0) is 49.0. The van der Waals surface area contributed by atoms with Crippen LogP contribution in [0, 0.1) is 0 Å². The summed E-state index contributed by atoms with van der Waals surface area (Å²) in [4.78, 5) is 0. The van der Waals surface area contributed by atoms with Crippen molar-refractivity contribution in [1.82, 2.24) is 9.13 Å². The molecule has 0 atom stereocenters. The Morgan fingerprint density at radius 2 is 0.743 bits per heavy atom. The van der Waals surface area contributed by atoms with E-state index in [4.69, 9.17) is 0 Å². The number of nitrogens with zero attached hydrogens (tertiary/aromatic N) is 2. The molecule has 0 unspecified atom stereocenters. The summed E-state index contributed by atoms with van der Waals surface area (Å²) in [6.07, 6.45) is 32.4. The maximum atomic E-state index is 2.45. The first-order chi connectivity index (χ1) is 36.7. The van der Waals surface area contributed by atoms with E-state index in [0.29, 0.717) is 0 Å². The summed E-state index contributed by atoms with van der Waals surface area (Å²) in [5.74, 6) is 0. The zero-order valence-corrected chi connectivity index (χ0v) is 41.6. The molecule has 2 heterocycles. The summed E-state index contributed by atoms with van der Waals surface area (Å²) in [5.41, 5.74) is 25.4. The topological polar surface area (TPSA) is 9.86 Å². The first-order valence-corrected chi connectivity index (χ1v) is 26.7. The Morgan fingerprint density at radius 1 is 0.270 bits per heavy atom. The first kappa shape index (κ1) is 44.0. The molecule has 10 aromatic rings. The van der Waals surface area contributed by atoms with Crippen LogP contribution in [-0.2, 0) is 0 Å². The number of hydrogen-bond acceptors (Lipinski definition) is 0. The molecule has 4 aliphatic rings. The Hall–Kier alpha value is -8.72. The van der Waals surface area contributed by atoms with Gasteiger partial charge in [0.1, 0.15) is 0 Å². The van der Waals surface area contributed by atoms with E-state index in [-0.39, 0.29) is 0 Å². The molecule has 0 radical (unpaired) electrons. The summed E-state index contributed by atoms with van der Waals surface area (Å²) >= 11 is 0. The predicted molar refractivity (Wildman–Crippen MR) is 316 cm³/mol. The van der Waals surface area contributed by atoms with E-state index in [9.17, 15) is 0 Å². The third-order valence-corrected chi connectivity index (χ3v) is 15.9. The van der Waals surface area contributed by atoms with Gasteiger partial charge in [0, 0.05) is 32.9 Å². The van der Waals surface area contributed by atoms with E-state index >= 15 is 0 Å². The lowest BCUT2D eigenvalue weighted by atomic mass is 9.88. The van der Waals surface area contributed by atoms with Crippen LogP contribution in [0.15, 0.2) is 254 Å². The highest BCUT2D eigenvalue weighted by atomic mass is 15.0. The number of fused-ring (bicyclic) bond motifs is 6. The minimum atomic E-state index is 1.03. The van der Waals surface area contributed by atoms with Crippen molar-refractivity contribution in [2.45, 2.75) is 51.4 Å². The largest absolute Gasteiger partial charge is 0.309 e. The monoisotopic (exact) mass is 948 g/mol. The van der Waals surface area contributed by atoms with Crippen LogP contribution in [0.1, 0.15) is 73.6 Å². The van der Waals surface area contributed by atoms with E-state index in [1.165, 1.54) is 127 Å². The average molecular weight is 949 g/mol. The van der Waals surface area contributed by atoms with Crippen molar-refractivity contribution in [2.75, 3.05) is 0 Å². The summed E-state index contributed by atoms with van der Waals surface area (Å²) in [6.45, 7) is 0. The third-order valence-electron chi connectivity index (χ3n) is 15.9. The van der Waals surface area contributed by atoms with Crippen molar-refractivity contribution in [3.8, 4) is 33.6 Å². The van der Waals surface area contributed by atoms with Gasteiger partial charge in [-0.15, -0.1) is 0 Å². The lowest BCUT2D eigenvalue weighted by Gasteiger charge is -2.17. The molecule has 0 N–H and O–H groups in total. The van der Waals surface area contributed by atoms with Crippen LogP contribution in [0.4, 0.5) is 0 Å². The average Bonchev–Trinajstić information content (AvgIpc) is 4.02. The highest BCUT2D eigenvalue weighted by Gasteiger charge is 2.19. The quantitative estimate of drug-likeness (QED) is 0.136. The van der Waals surface area contributed by atoms with Crippen molar-refractivity contribution >= 4 is 65.9 Å². The number of benzene rings is 8. The standard InChI is InChI=1S/C72H56N2/c1-3-16-49(17-4-1)52-20-11-23-55(42-52)57-25-13-22-54(44-57)51-34-38-63(39-35-51)73-69-32-9-7-30-65(69)67-47-61(36-40-71(67)73)62-37-41-72-68(48-62)66-31-8-10-33-70(66)74(72)64-29-15-28-60(46-64)59-27-14-26-58(45-59)56-24-12-21-53(43-56)50-18-5-2-6-19-50/h3,5,7-10,12-13,15-19,21-25,27-48H,1-2,4,6,11,14,20,26H2. The molecule has 0 bridgehead atoms. The molecule has 0 fully saturated rings. The highest BCUT2D eigenvalue weighted by Crippen LogP contribution is 2.41. The van der Waals surface area contributed by atoms with Gasteiger partial charge < -0.3 is 9.13 Å². The zero-order valence-electron chi connectivity index (χ0n) is 41.6. The van der Waals surface area contributed by atoms with Crippen LogP contribution < -0.4 is 0 Å². The molecule has 2 nitrogen and oxygen atoms in total. The fourth-order valence-electron chi connectivity index (χ4n) is 12.2. The molecule has 0 aliphatic heterocycles. The molecule has 354 valence electrons. The number of allylic oxidation sites excluding steroid dienone is 16. The third kappa shape index (κ3) is 7.99. The van der Waals surface area contributed by atoms with E-state index in [1.807, 2.05) is 0 Å². The van der Waals surface area contributed by atoms with Crippen molar-refractivity contribution in [1.29, 1.82) is 0 Å². The first-order valence-electron chi connectivity index (χ1n) is 26.7. The van der Waals surface area contributed by atoms with Crippen molar-refractivity contribution in [3.63, 3.8) is 0 Å². The molecule has 8 aromatic carbocycles. The van der Waals surface area contributed by atoms with Gasteiger partial charge in [-0.2, -0.15) is 0 Å². The molecular weight excluding hydrogens is 893 g/mol. The molecule has 14 rings (SSSR count). The Kier molecular flexibility index (Phi) is 11.1. The molecule has 2 aromatic heterocycles. The summed E-state index contributed by atoms with van der Waals surface area (Å²) in [5, 5.41) is 5.02. The second kappa shape index (κ2) is 18.7.